The summed E-state index contributed by atoms with van der Waals surface area (Å²) >= 11 is 5.93. The van der Waals surface area contributed by atoms with Gasteiger partial charge in [0.1, 0.15) is 0 Å². The Labute approximate surface area is 144 Å². The van der Waals surface area contributed by atoms with E-state index in [-0.39, 0.29) is 0 Å². The summed E-state index contributed by atoms with van der Waals surface area (Å²) < 4.78 is 0. The third kappa shape index (κ3) is 2.47. The van der Waals surface area contributed by atoms with E-state index in [0.717, 1.165) is 34.3 Å². The topological polar surface area (TPSA) is 50.2 Å². The predicted octanol–water partition coefficient (Wildman–Crippen LogP) is 5.07. The van der Waals surface area contributed by atoms with Gasteiger partial charge in [-0.05, 0) is 53.8 Å². The Kier molecular flexibility index (Phi) is 3.58. The van der Waals surface area contributed by atoms with E-state index in [1.807, 2.05) is 48.5 Å². The highest BCUT2D eigenvalue weighted by Gasteiger charge is 2.26. The first-order valence-corrected chi connectivity index (χ1v) is 8.13. The highest BCUT2D eigenvalue weighted by atomic mass is 35.5. The van der Waals surface area contributed by atoms with Gasteiger partial charge in [-0.15, -0.1) is 0 Å². The first kappa shape index (κ1) is 14.9. The van der Waals surface area contributed by atoms with Crippen molar-refractivity contribution in [2.24, 2.45) is 0 Å². The molecule has 0 aliphatic heterocycles. The number of fused-ring (bicyclic) bond motifs is 2. The van der Waals surface area contributed by atoms with E-state index in [1.165, 1.54) is 0 Å². The smallest absolute Gasteiger partial charge is 0.336 e. The van der Waals surface area contributed by atoms with E-state index in [2.05, 4.69) is 6.08 Å². The minimum Gasteiger partial charge on any atom is -0.478 e. The van der Waals surface area contributed by atoms with Crippen LogP contribution in [0, 0.1) is 0 Å². The molecule has 24 heavy (non-hydrogen) atoms. The number of pyridine rings is 1. The number of carbonyl (C=O) groups is 1. The summed E-state index contributed by atoms with van der Waals surface area (Å²) in [5.74, 6) is -0.891. The quantitative estimate of drug-likeness (QED) is 0.711. The van der Waals surface area contributed by atoms with Crippen LogP contribution in [0.3, 0.4) is 0 Å². The summed E-state index contributed by atoms with van der Waals surface area (Å²) in [5, 5.41) is 11.1. The standard InChI is InChI=1S/C20H14ClNO2/c21-14-8-5-12(6-9-14)11-13-7-10-16-18(20(23)24)15-3-1-2-4-17(15)22-19(13)16/h1-6,8-9,11H,7,10H2,(H,23,24)/b13-11+. The first-order valence-electron chi connectivity index (χ1n) is 7.75. The second kappa shape index (κ2) is 5.77. The number of nitrogens with zero attached hydrogens (tertiary/aromatic N) is 1. The molecule has 4 rings (SSSR count). The number of allylic oxidation sites excluding steroid dienone is 1. The summed E-state index contributed by atoms with van der Waals surface area (Å²) in [6.45, 7) is 0. The maximum atomic E-state index is 11.8. The molecule has 0 bridgehead atoms. The average Bonchev–Trinajstić information content (AvgIpc) is 2.97. The molecular weight excluding hydrogens is 322 g/mol. The molecule has 0 fully saturated rings. The van der Waals surface area contributed by atoms with Crippen LogP contribution >= 0.6 is 11.6 Å². The van der Waals surface area contributed by atoms with Gasteiger partial charge in [0.05, 0.1) is 16.8 Å². The molecule has 0 spiro atoms. The summed E-state index contributed by atoms with van der Waals surface area (Å²) in [4.78, 5) is 16.6. The number of rotatable bonds is 2. The number of carboxylic acid groups (broad SMARTS) is 1. The van der Waals surface area contributed by atoms with E-state index in [4.69, 9.17) is 16.6 Å². The number of para-hydroxylation sites is 1. The summed E-state index contributed by atoms with van der Waals surface area (Å²) in [7, 11) is 0. The lowest BCUT2D eigenvalue weighted by Gasteiger charge is -2.09. The molecule has 1 aromatic heterocycles. The zero-order valence-electron chi connectivity index (χ0n) is 12.8. The monoisotopic (exact) mass is 335 g/mol. The molecule has 3 aromatic rings. The van der Waals surface area contributed by atoms with Crippen LogP contribution in [0.15, 0.2) is 48.5 Å². The lowest BCUT2D eigenvalue weighted by atomic mass is 10.0. The molecule has 1 heterocycles. The predicted molar refractivity (Wildman–Crippen MR) is 96.3 cm³/mol. The molecule has 1 aliphatic rings. The van der Waals surface area contributed by atoms with Crippen LogP contribution in [0.5, 0.6) is 0 Å². The number of hydrogen-bond donors (Lipinski definition) is 1. The van der Waals surface area contributed by atoms with Gasteiger partial charge in [0.25, 0.3) is 0 Å². The van der Waals surface area contributed by atoms with Gasteiger partial charge in [-0.2, -0.15) is 0 Å². The maximum absolute atomic E-state index is 11.8. The third-order valence-electron chi connectivity index (χ3n) is 4.37. The fraction of sp³-hybridized carbons (Fsp3) is 0.100. The van der Waals surface area contributed by atoms with Gasteiger partial charge in [-0.1, -0.05) is 41.9 Å². The van der Waals surface area contributed by atoms with Crippen LogP contribution < -0.4 is 0 Å². The molecule has 3 nitrogen and oxygen atoms in total. The number of benzene rings is 2. The van der Waals surface area contributed by atoms with Crippen LogP contribution in [0.25, 0.3) is 22.6 Å². The van der Waals surface area contributed by atoms with Crippen molar-refractivity contribution >= 4 is 40.1 Å². The second-order valence-electron chi connectivity index (χ2n) is 5.86. The molecule has 0 atom stereocenters. The largest absolute Gasteiger partial charge is 0.478 e. The Balaban J connectivity index is 1.92. The third-order valence-corrected chi connectivity index (χ3v) is 4.62. The molecule has 1 N–H and O–H groups in total. The fourth-order valence-corrected chi connectivity index (χ4v) is 3.41. The zero-order chi connectivity index (χ0) is 16.7. The number of aromatic carboxylic acids is 1. The van der Waals surface area contributed by atoms with Crippen molar-refractivity contribution in [1.29, 1.82) is 0 Å². The van der Waals surface area contributed by atoms with Crippen LogP contribution in [-0.2, 0) is 6.42 Å². The molecule has 0 amide bonds. The van der Waals surface area contributed by atoms with Crippen molar-refractivity contribution in [2.75, 3.05) is 0 Å². The van der Waals surface area contributed by atoms with Crippen molar-refractivity contribution in [1.82, 2.24) is 4.98 Å². The molecular formula is C20H14ClNO2. The SMILES string of the molecule is O=C(O)c1c2c(nc3ccccc13)/C(=C/c1ccc(Cl)cc1)CC2. The van der Waals surface area contributed by atoms with Crippen molar-refractivity contribution in [3.05, 3.63) is 75.9 Å². The van der Waals surface area contributed by atoms with Crippen molar-refractivity contribution < 1.29 is 9.90 Å². The van der Waals surface area contributed by atoms with Crippen LogP contribution in [0.1, 0.15) is 33.6 Å². The Morgan fingerprint density at radius 2 is 1.83 bits per heavy atom. The van der Waals surface area contributed by atoms with Crippen LogP contribution in [0.2, 0.25) is 5.02 Å². The molecule has 0 saturated heterocycles. The highest BCUT2D eigenvalue weighted by Crippen LogP contribution is 2.37. The number of carboxylic acids is 1. The lowest BCUT2D eigenvalue weighted by molar-refractivity contribution is 0.0698. The highest BCUT2D eigenvalue weighted by molar-refractivity contribution is 6.30. The van der Waals surface area contributed by atoms with Gasteiger partial charge in [-0.3, -0.25) is 0 Å². The first-order chi connectivity index (χ1) is 11.6. The van der Waals surface area contributed by atoms with E-state index in [9.17, 15) is 9.90 Å². The molecule has 0 unspecified atom stereocenters. The van der Waals surface area contributed by atoms with E-state index in [0.29, 0.717) is 22.4 Å². The van der Waals surface area contributed by atoms with Gasteiger partial charge in [0.2, 0.25) is 0 Å². The normalized spacial score (nSPS) is 15.0. The van der Waals surface area contributed by atoms with Crippen molar-refractivity contribution in [3.63, 3.8) is 0 Å². The van der Waals surface area contributed by atoms with Crippen molar-refractivity contribution in [3.8, 4) is 0 Å². The Morgan fingerprint density at radius 1 is 1.08 bits per heavy atom. The Bertz CT molecular complexity index is 990. The summed E-state index contributed by atoms with van der Waals surface area (Å²) in [6, 6.07) is 15.0. The molecule has 4 heteroatoms. The van der Waals surface area contributed by atoms with E-state index < -0.39 is 5.97 Å². The number of hydrogen-bond acceptors (Lipinski definition) is 2. The maximum Gasteiger partial charge on any atom is 0.336 e. The summed E-state index contributed by atoms with van der Waals surface area (Å²) in [5.41, 5.74) is 4.85. The second-order valence-corrected chi connectivity index (χ2v) is 6.29. The minimum absolute atomic E-state index is 0.384. The molecule has 0 radical (unpaired) electrons. The molecule has 0 saturated carbocycles. The molecule has 118 valence electrons. The number of halogens is 1. The Hall–Kier alpha value is -2.65. The molecule has 1 aliphatic carbocycles. The van der Waals surface area contributed by atoms with Gasteiger partial charge in [-0.25, -0.2) is 9.78 Å². The van der Waals surface area contributed by atoms with Crippen LogP contribution in [-0.4, -0.2) is 16.1 Å². The van der Waals surface area contributed by atoms with Gasteiger partial charge < -0.3 is 5.11 Å². The minimum atomic E-state index is -0.891. The van der Waals surface area contributed by atoms with Gasteiger partial charge >= 0.3 is 5.97 Å². The van der Waals surface area contributed by atoms with Crippen LogP contribution in [0.4, 0.5) is 0 Å². The van der Waals surface area contributed by atoms with E-state index >= 15 is 0 Å². The lowest BCUT2D eigenvalue weighted by Crippen LogP contribution is -2.05. The van der Waals surface area contributed by atoms with Gasteiger partial charge in [0.15, 0.2) is 0 Å². The van der Waals surface area contributed by atoms with E-state index in [1.54, 1.807) is 0 Å². The van der Waals surface area contributed by atoms with Gasteiger partial charge in [0, 0.05) is 10.4 Å². The number of aromatic nitrogens is 1. The Morgan fingerprint density at radius 3 is 2.58 bits per heavy atom. The average molecular weight is 336 g/mol. The molecule has 2 aromatic carbocycles. The van der Waals surface area contributed by atoms with Crippen molar-refractivity contribution in [2.45, 2.75) is 12.8 Å². The fourth-order valence-electron chi connectivity index (χ4n) is 3.28. The summed E-state index contributed by atoms with van der Waals surface area (Å²) in [6.07, 6.45) is 3.56. The zero-order valence-corrected chi connectivity index (χ0v) is 13.5.